The number of ether oxygens (including phenoxy) is 3. The number of carbonyl (C=O) groups is 1. The van der Waals surface area contributed by atoms with E-state index in [-0.39, 0.29) is 18.5 Å². The van der Waals surface area contributed by atoms with Crippen LogP contribution >= 0.6 is 0 Å². The summed E-state index contributed by atoms with van der Waals surface area (Å²) in [5.74, 6) is 0.880. The number of primary amides is 1. The monoisotopic (exact) mass is 508 g/mol. The number of benzene rings is 3. The molecule has 2 atom stereocenters. The van der Waals surface area contributed by atoms with Crippen molar-refractivity contribution in [3.63, 3.8) is 0 Å². The Morgan fingerprint density at radius 2 is 1.97 bits per heavy atom. The van der Waals surface area contributed by atoms with Gasteiger partial charge in [0.2, 0.25) is 5.91 Å². The van der Waals surface area contributed by atoms with Crippen molar-refractivity contribution in [1.29, 1.82) is 0 Å². The molecule has 0 radical (unpaired) electrons. The van der Waals surface area contributed by atoms with Crippen LogP contribution in [0.2, 0.25) is 0 Å². The molecule has 3 aromatic rings. The SMILES string of the molecule is NC(=O)c1cccc(COC[C@@H]2COc3ccc(CCNC[C@H](O)c4ccc(O)c(CO)c4)cc3O2)c1. The molecule has 37 heavy (non-hydrogen) atoms. The molecular weight excluding hydrogens is 476 g/mol. The number of hydrogen-bond acceptors (Lipinski definition) is 8. The normalized spacial score (nSPS) is 15.4. The molecule has 0 saturated heterocycles. The summed E-state index contributed by atoms with van der Waals surface area (Å²) < 4.78 is 17.7. The quantitative estimate of drug-likeness (QED) is 0.234. The van der Waals surface area contributed by atoms with Gasteiger partial charge in [0, 0.05) is 17.7 Å². The van der Waals surface area contributed by atoms with Crippen LogP contribution in [0.5, 0.6) is 17.2 Å². The van der Waals surface area contributed by atoms with Gasteiger partial charge in [0.15, 0.2) is 17.6 Å². The predicted molar refractivity (Wildman–Crippen MR) is 137 cm³/mol. The molecule has 1 amide bonds. The van der Waals surface area contributed by atoms with Gasteiger partial charge < -0.3 is 40.6 Å². The number of nitrogens with two attached hydrogens (primary N) is 1. The largest absolute Gasteiger partial charge is 0.508 e. The number of nitrogens with one attached hydrogen (secondary N) is 1. The van der Waals surface area contributed by atoms with Crippen molar-refractivity contribution in [2.24, 2.45) is 5.73 Å². The minimum Gasteiger partial charge on any atom is -0.508 e. The molecule has 3 aromatic carbocycles. The number of carbonyl (C=O) groups excluding carboxylic acids is 1. The molecular formula is C28H32N2O7. The summed E-state index contributed by atoms with van der Waals surface area (Å²) in [6.45, 7) is 1.72. The Morgan fingerprint density at radius 3 is 2.78 bits per heavy atom. The van der Waals surface area contributed by atoms with E-state index >= 15 is 0 Å². The second kappa shape index (κ2) is 12.6. The minimum atomic E-state index is -0.759. The summed E-state index contributed by atoms with van der Waals surface area (Å²) in [4.78, 5) is 11.3. The first-order chi connectivity index (χ1) is 17.9. The highest BCUT2D eigenvalue weighted by molar-refractivity contribution is 5.92. The van der Waals surface area contributed by atoms with Crippen molar-refractivity contribution >= 4 is 5.91 Å². The Labute approximate surface area is 215 Å². The average Bonchev–Trinajstić information content (AvgIpc) is 2.91. The van der Waals surface area contributed by atoms with Gasteiger partial charge in [-0.05, 0) is 66.1 Å². The maximum atomic E-state index is 11.3. The molecule has 0 aromatic heterocycles. The first-order valence-electron chi connectivity index (χ1n) is 12.1. The number of hydrogen-bond donors (Lipinski definition) is 5. The first-order valence-corrected chi connectivity index (χ1v) is 12.1. The zero-order valence-corrected chi connectivity index (χ0v) is 20.4. The summed E-state index contributed by atoms with van der Waals surface area (Å²) >= 11 is 0. The summed E-state index contributed by atoms with van der Waals surface area (Å²) in [6, 6.07) is 17.5. The van der Waals surface area contributed by atoms with Crippen molar-refractivity contribution in [1.82, 2.24) is 5.32 Å². The van der Waals surface area contributed by atoms with Crippen LogP contribution in [0, 0.1) is 0 Å². The van der Waals surface area contributed by atoms with Crippen molar-refractivity contribution in [2.75, 3.05) is 26.3 Å². The highest BCUT2D eigenvalue weighted by Crippen LogP contribution is 2.33. The lowest BCUT2D eigenvalue weighted by Gasteiger charge is -2.27. The number of aliphatic hydroxyl groups excluding tert-OH is 2. The maximum Gasteiger partial charge on any atom is 0.248 e. The molecule has 0 bridgehead atoms. The molecule has 4 rings (SSSR count). The molecule has 6 N–H and O–H groups in total. The fourth-order valence-electron chi connectivity index (χ4n) is 4.05. The Bertz CT molecular complexity index is 1220. The molecule has 0 fully saturated rings. The van der Waals surface area contributed by atoms with E-state index in [1.165, 1.54) is 6.07 Å². The second-order valence-electron chi connectivity index (χ2n) is 8.93. The van der Waals surface area contributed by atoms with Gasteiger partial charge in [0.1, 0.15) is 12.4 Å². The van der Waals surface area contributed by atoms with Crippen molar-refractivity contribution in [3.05, 3.63) is 88.5 Å². The molecule has 9 heteroatoms. The summed E-state index contributed by atoms with van der Waals surface area (Å²) in [7, 11) is 0. The summed E-state index contributed by atoms with van der Waals surface area (Å²) in [5.41, 5.74) is 8.69. The van der Waals surface area contributed by atoms with Gasteiger partial charge in [0.05, 0.1) is 25.9 Å². The van der Waals surface area contributed by atoms with E-state index in [4.69, 9.17) is 19.9 Å². The molecule has 0 spiro atoms. The Kier molecular flexibility index (Phi) is 8.97. The van der Waals surface area contributed by atoms with Gasteiger partial charge >= 0.3 is 0 Å². The minimum absolute atomic E-state index is 0.00815. The number of rotatable bonds is 12. The van der Waals surface area contributed by atoms with Gasteiger partial charge in [0.25, 0.3) is 0 Å². The molecule has 0 saturated carbocycles. The van der Waals surface area contributed by atoms with E-state index in [9.17, 15) is 20.1 Å². The molecule has 196 valence electrons. The lowest BCUT2D eigenvalue weighted by Crippen LogP contribution is -2.33. The van der Waals surface area contributed by atoms with Crippen LogP contribution in [0.15, 0.2) is 60.7 Å². The van der Waals surface area contributed by atoms with E-state index in [1.807, 2.05) is 24.3 Å². The smallest absolute Gasteiger partial charge is 0.248 e. The fourth-order valence-corrected chi connectivity index (χ4v) is 4.05. The van der Waals surface area contributed by atoms with Crippen molar-refractivity contribution in [2.45, 2.75) is 31.8 Å². The number of phenols is 1. The van der Waals surface area contributed by atoms with Crippen LogP contribution in [0.4, 0.5) is 0 Å². The Hall–Kier alpha value is -3.63. The van der Waals surface area contributed by atoms with Crippen LogP contribution in [0.25, 0.3) is 0 Å². The van der Waals surface area contributed by atoms with Crippen LogP contribution in [0.1, 0.15) is 38.7 Å². The van der Waals surface area contributed by atoms with Gasteiger partial charge in [-0.25, -0.2) is 0 Å². The van der Waals surface area contributed by atoms with Crippen LogP contribution < -0.4 is 20.5 Å². The predicted octanol–water partition coefficient (Wildman–Crippen LogP) is 2.21. The zero-order chi connectivity index (χ0) is 26.2. The number of fused-ring (bicyclic) bond motifs is 1. The van der Waals surface area contributed by atoms with Crippen molar-refractivity contribution < 1.29 is 34.3 Å². The Morgan fingerprint density at radius 1 is 1.11 bits per heavy atom. The molecule has 9 nitrogen and oxygen atoms in total. The number of aliphatic hydroxyl groups is 2. The topological polar surface area (TPSA) is 144 Å². The first kappa shape index (κ1) is 26.4. The molecule has 1 heterocycles. The molecule has 1 aliphatic heterocycles. The lowest BCUT2D eigenvalue weighted by molar-refractivity contribution is 0.00265. The van der Waals surface area contributed by atoms with E-state index in [1.54, 1.807) is 30.3 Å². The summed E-state index contributed by atoms with van der Waals surface area (Å²) in [6.07, 6.45) is -0.298. The van der Waals surface area contributed by atoms with E-state index in [0.29, 0.717) is 61.1 Å². The molecule has 0 aliphatic carbocycles. The third kappa shape index (κ3) is 7.21. The number of amides is 1. The molecule has 0 unspecified atom stereocenters. The van der Waals surface area contributed by atoms with Gasteiger partial charge in [-0.3, -0.25) is 4.79 Å². The Balaban J connectivity index is 1.22. The number of aromatic hydroxyl groups is 1. The standard InChI is InChI=1S/C28H32N2O7/c29-28(34)21-3-1-2-19(10-21)15-35-16-23-17-36-26-7-4-18(11-27(26)37-23)8-9-30-13-25(33)20-5-6-24(32)22(12-20)14-31/h1-7,10-12,23,25,30-33H,8-9,13-17H2,(H2,29,34)/t23-,25+/m1/s1. The van der Waals surface area contributed by atoms with E-state index < -0.39 is 12.0 Å². The third-order valence-electron chi connectivity index (χ3n) is 6.10. The van der Waals surface area contributed by atoms with Gasteiger partial charge in [-0.1, -0.05) is 24.3 Å². The van der Waals surface area contributed by atoms with E-state index in [0.717, 1.165) is 17.5 Å². The van der Waals surface area contributed by atoms with Gasteiger partial charge in [-0.15, -0.1) is 0 Å². The third-order valence-corrected chi connectivity index (χ3v) is 6.10. The lowest BCUT2D eigenvalue weighted by atomic mass is 10.1. The second-order valence-corrected chi connectivity index (χ2v) is 8.93. The highest BCUT2D eigenvalue weighted by Gasteiger charge is 2.21. The zero-order valence-electron chi connectivity index (χ0n) is 20.4. The highest BCUT2D eigenvalue weighted by atomic mass is 16.6. The van der Waals surface area contributed by atoms with Crippen LogP contribution in [-0.4, -0.2) is 53.6 Å². The van der Waals surface area contributed by atoms with Gasteiger partial charge in [-0.2, -0.15) is 0 Å². The maximum absolute atomic E-state index is 11.3. The average molecular weight is 509 g/mol. The van der Waals surface area contributed by atoms with Crippen LogP contribution in [0.3, 0.4) is 0 Å². The fraction of sp³-hybridized carbons (Fsp3) is 0.321. The van der Waals surface area contributed by atoms with Crippen molar-refractivity contribution in [3.8, 4) is 17.2 Å². The van der Waals surface area contributed by atoms with Crippen LogP contribution in [-0.2, 0) is 24.4 Å². The molecule has 1 aliphatic rings. The summed E-state index contributed by atoms with van der Waals surface area (Å²) in [5, 5.41) is 32.6. The van der Waals surface area contributed by atoms with E-state index in [2.05, 4.69) is 5.32 Å².